The summed E-state index contributed by atoms with van der Waals surface area (Å²) in [5.41, 5.74) is 0.807. The monoisotopic (exact) mass is 448 g/mol. The standard InChI is InChI=1S/C17H21BrN8O2/c1-3-5-6-9-25-14-13(20-16(18)21-14)15(27)26-11(22-23-17(25)26)7-8-12-19-10(4-2)24-28-12/h3-9H2,1-2H3,(H,20,21). The van der Waals surface area contributed by atoms with Gasteiger partial charge in [-0.25, -0.2) is 9.38 Å². The molecule has 1 N–H and O–H groups in total. The maximum Gasteiger partial charge on any atom is 0.286 e. The number of aromatic nitrogens is 8. The van der Waals surface area contributed by atoms with Crippen molar-refractivity contribution in [2.45, 2.75) is 58.9 Å². The van der Waals surface area contributed by atoms with Gasteiger partial charge in [-0.1, -0.05) is 31.8 Å². The van der Waals surface area contributed by atoms with Crippen LogP contribution in [0.15, 0.2) is 14.1 Å². The SMILES string of the molecule is CCCCCn1c2nc(Br)[nH]c2c(=O)n2c(CCc3nc(CC)no3)nnc12. The predicted molar refractivity (Wildman–Crippen MR) is 105 cm³/mol. The molecule has 4 rings (SSSR count). The predicted octanol–water partition coefficient (Wildman–Crippen LogP) is 2.45. The van der Waals surface area contributed by atoms with E-state index >= 15 is 0 Å². The van der Waals surface area contributed by atoms with E-state index in [9.17, 15) is 4.79 Å². The molecule has 0 fully saturated rings. The number of halogens is 1. The zero-order valence-electron chi connectivity index (χ0n) is 15.8. The highest BCUT2D eigenvalue weighted by Gasteiger charge is 2.19. The second kappa shape index (κ2) is 7.82. The Kier molecular flexibility index (Phi) is 5.25. The third-order valence-electron chi connectivity index (χ3n) is 4.66. The van der Waals surface area contributed by atoms with Gasteiger partial charge in [-0.15, -0.1) is 10.2 Å². The molecular formula is C17H21BrN8O2. The highest BCUT2D eigenvalue weighted by molar-refractivity contribution is 9.10. The molecule has 0 amide bonds. The average molecular weight is 449 g/mol. The summed E-state index contributed by atoms with van der Waals surface area (Å²) >= 11 is 3.33. The molecular weight excluding hydrogens is 428 g/mol. The Morgan fingerprint density at radius 1 is 1.14 bits per heavy atom. The number of nitrogens with one attached hydrogen (secondary N) is 1. The van der Waals surface area contributed by atoms with Crippen LogP contribution in [0.2, 0.25) is 0 Å². The van der Waals surface area contributed by atoms with Crippen LogP contribution in [0.4, 0.5) is 0 Å². The normalized spacial score (nSPS) is 11.8. The van der Waals surface area contributed by atoms with Crippen molar-refractivity contribution >= 4 is 32.9 Å². The lowest BCUT2D eigenvalue weighted by Crippen LogP contribution is -2.21. The van der Waals surface area contributed by atoms with Crippen molar-refractivity contribution < 1.29 is 4.52 Å². The molecule has 11 heteroatoms. The van der Waals surface area contributed by atoms with Crippen molar-refractivity contribution in [2.75, 3.05) is 0 Å². The largest absolute Gasteiger partial charge is 0.339 e. The summed E-state index contributed by atoms with van der Waals surface area (Å²) in [7, 11) is 0. The van der Waals surface area contributed by atoms with Gasteiger partial charge in [0.25, 0.3) is 5.56 Å². The van der Waals surface area contributed by atoms with Crippen LogP contribution < -0.4 is 5.56 Å². The zero-order valence-corrected chi connectivity index (χ0v) is 17.4. The van der Waals surface area contributed by atoms with Gasteiger partial charge in [0, 0.05) is 25.8 Å². The summed E-state index contributed by atoms with van der Waals surface area (Å²) in [6, 6.07) is 0. The molecule has 0 aliphatic carbocycles. The maximum absolute atomic E-state index is 13.1. The minimum Gasteiger partial charge on any atom is -0.339 e. The van der Waals surface area contributed by atoms with E-state index in [0.29, 0.717) is 65.0 Å². The van der Waals surface area contributed by atoms with E-state index in [1.54, 1.807) is 4.40 Å². The first-order chi connectivity index (χ1) is 13.6. The van der Waals surface area contributed by atoms with Crippen molar-refractivity contribution in [3.8, 4) is 0 Å². The van der Waals surface area contributed by atoms with Gasteiger partial charge < -0.3 is 9.51 Å². The summed E-state index contributed by atoms with van der Waals surface area (Å²) in [5.74, 6) is 2.26. The van der Waals surface area contributed by atoms with E-state index in [1.807, 2.05) is 11.5 Å². The minimum atomic E-state index is -0.213. The number of hydrogen-bond donors (Lipinski definition) is 1. The lowest BCUT2D eigenvalue weighted by molar-refractivity contribution is 0.372. The van der Waals surface area contributed by atoms with Gasteiger partial charge in [-0.05, 0) is 22.4 Å². The number of imidazole rings is 1. The molecule has 28 heavy (non-hydrogen) atoms. The Hall–Kier alpha value is -2.56. The fourth-order valence-corrected chi connectivity index (χ4v) is 3.58. The van der Waals surface area contributed by atoms with Gasteiger partial charge in [-0.2, -0.15) is 4.98 Å². The Labute approximate surface area is 168 Å². The van der Waals surface area contributed by atoms with Crippen LogP contribution in [0.3, 0.4) is 0 Å². The number of H-pyrrole nitrogens is 1. The highest BCUT2D eigenvalue weighted by Crippen LogP contribution is 2.17. The molecule has 148 valence electrons. The number of aromatic amines is 1. The van der Waals surface area contributed by atoms with Gasteiger partial charge in [0.05, 0.1) is 0 Å². The van der Waals surface area contributed by atoms with Crippen LogP contribution in [0.5, 0.6) is 0 Å². The maximum atomic E-state index is 13.1. The lowest BCUT2D eigenvalue weighted by atomic mass is 10.2. The molecule has 0 unspecified atom stereocenters. The molecule has 0 atom stereocenters. The second-order valence-electron chi connectivity index (χ2n) is 6.60. The van der Waals surface area contributed by atoms with Gasteiger partial charge in [0.15, 0.2) is 21.7 Å². The van der Waals surface area contributed by atoms with E-state index in [0.717, 1.165) is 19.3 Å². The molecule has 4 aromatic heterocycles. The number of nitrogens with zero attached hydrogens (tertiary/aromatic N) is 7. The molecule has 10 nitrogen and oxygen atoms in total. The summed E-state index contributed by atoms with van der Waals surface area (Å²) in [4.78, 5) is 24.8. The van der Waals surface area contributed by atoms with Crippen LogP contribution in [0.1, 0.15) is 50.6 Å². The average Bonchev–Trinajstić information content (AvgIpc) is 3.40. The molecule has 0 radical (unpaired) electrons. The third kappa shape index (κ3) is 3.34. The zero-order chi connectivity index (χ0) is 19.7. The molecule has 0 aromatic carbocycles. The Morgan fingerprint density at radius 2 is 2.00 bits per heavy atom. The van der Waals surface area contributed by atoms with E-state index in [2.05, 4.69) is 53.2 Å². The first-order valence-electron chi connectivity index (χ1n) is 9.45. The van der Waals surface area contributed by atoms with Gasteiger partial charge in [0.1, 0.15) is 5.82 Å². The van der Waals surface area contributed by atoms with Crippen molar-refractivity contribution in [1.29, 1.82) is 0 Å². The summed E-state index contributed by atoms with van der Waals surface area (Å²) < 4.78 is 9.25. The third-order valence-corrected chi connectivity index (χ3v) is 5.03. The summed E-state index contributed by atoms with van der Waals surface area (Å²) in [5, 5.41) is 12.5. The van der Waals surface area contributed by atoms with Gasteiger partial charge in [0.2, 0.25) is 11.7 Å². The van der Waals surface area contributed by atoms with Crippen LogP contribution in [-0.2, 0) is 25.8 Å². The molecule has 0 saturated heterocycles. The summed E-state index contributed by atoms with van der Waals surface area (Å²) in [6.45, 7) is 4.83. The van der Waals surface area contributed by atoms with Gasteiger partial charge in [-0.3, -0.25) is 9.36 Å². The van der Waals surface area contributed by atoms with Crippen molar-refractivity contribution in [3.63, 3.8) is 0 Å². The number of aryl methyl sites for hydroxylation is 4. The van der Waals surface area contributed by atoms with E-state index in [4.69, 9.17) is 4.52 Å². The molecule has 0 spiro atoms. The lowest BCUT2D eigenvalue weighted by Gasteiger charge is -2.09. The second-order valence-corrected chi connectivity index (χ2v) is 7.35. The Balaban J connectivity index is 1.75. The van der Waals surface area contributed by atoms with E-state index < -0.39 is 0 Å². The fourth-order valence-electron chi connectivity index (χ4n) is 3.22. The molecule has 4 heterocycles. The number of hydrogen-bond acceptors (Lipinski definition) is 7. The number of unbranched alkanes of at least 4 members (excludes halogenated alkanes) is 2. The van der Waals surface area contributed by atoms with E-state index in [-0.39, 0.29) is 5.56 Å². The minimum absolute atomic E-state index is 0.213. The molecule has 4 aromatic rings. The summed E-state index contributed by atoms with van der Waals surface area (Å²) in [6.07, 6.45) is 4.84. The Morgan fingerprint density at radius 3 is 2.75 bits per heavy atom. The van der Waals surface area contributed by atoms with Crippen LogP contribution >= 0.6 is 15.9 Å². The van der Waals surface area contributed by atoms with Crippen LogP contribution in [-0.4, -0.2) is 39.3 Å². The molecule has 0 bridgehead atoms. The highest BCUT2D eigenvalue weighted by atomic mass is 79.9. The Bertz CT molecular complexity index is 1170. The molecule has 0 saturated carbocycles. The quantitative estimate of drug-likeness (QED) is 0.324. The first kappa shape index (κ1) is 18.8. The fraction of sp³-hybridized carbons (Fsp3) is 0.529. The number of rotatable bonds is 8. The first-order valence-corrected chi connectivity index (χ1v) is 10.2. The smallest absolute Gasteiger partial charge is 0.286 e. The van der Waals surface area contributed by atoms with Crippen LogP contribution in [0, 0.1) is 0 Å². The van der Waals surface area contributed by atoms with Crippen molar-refractivity contribution in [2.24, 2.45) is 0 Å². The van der Waals surface area contributed by atoms with Gasteiger partial charge >= 0.3 is 0 Å². The molecule has 0 aliphatic heterocycles. The van der Waals surface area contributed by atoms with Crippen molar-refractivity contribution in [1.82, 2.24) is 39.3 Å². The number of fused-ring (bicyclic) bond motifs is 2. The van der Waals surface area contributed by atoms with E-state index in [1.165, 1.54) is 0 Å². The van der Waals surface area contributed by atoms with Crippen molar-refractivity contribution in [3.05, 3.63) is 32.6 Å². The topological polar surface area (TPSA) is 120 Å². The van der Waals surface area contributed by atoms with Crippen LogP contribution in [0.25, 0.3) is 16.9 Å². The molecule has 0 aliphatic rings.